The molecule has 6 aromatic rings. The monoisotopic (exact) mass is 802 g/mol. The Balaban J connectivity index is 1.20. The van der Waals surface area contributed by atoms with Gasteiger partial charge in [0.25, 0.3) is 0 Å². The lowest BCUT2D eigenvalue weighted by Gasteiger charge is -2.10. The molecule has 5 aromatic carbocycles. The maximum Gasteiger partial charge on any atom is 0.161 e. The first-order chi connectivity index (χ1) is 30.5. The largest absolute Gasteiger partial charge is 0.286 e. The molecule has 7 rings (SSSR count). The Morgan fingerprint density at radius 2 is 1.47 bits per heavy atom. The van der Waals surface area contributed by atoms with Gasteiger partial charge in [-0.05, 0) is 95.1 Å². The van der Waals surface area contributed by atoms with E-state index in [4.69, 9.17) is 20.4 Å². The normalized spacial score (nSPS) is 13.3. The summed E-state index contributed by atoms with van der Waals surface area (Å²) in [4.78, 5) is 19.4. The predicted molar refractivity (Wildman–Crippen MR) is 260 cm³/mol. The van der Waals surface area contributed by atoms with Crippen LogP contribution in [-0.2, 0) is 0 Å². The van der Waals surface area contributed by atoms with Crippen LogP contribution >= 0.6 is 0 Å². The Morgan fingerprint density at radius 3 is 2.19 bits per heavy atom. The van der Waals surface area contributed by atoms with E-state index in [1.807, 2.05) is 140 Å². The molecule has 1 aromatic heterocycles. The van der Waals surface area contributed by atoms with Crippen molar-refractivity contribution in [2.75, 3.05) is 0 Å². The Hall–Kier alpha value is -8.14. The van der Waals surface area contributed by atoms with Crippen molar-refractivity contribution in [3.63, 3.8) is 0 Å². The van der Waals surface area contributed by atoms with E-state index in [1.54, 1.807) is 12.3 Å². The van der Waals surface area contributed by atoms with Gasteiger partial charge in [-0.1, -0.05) is 170 Å². The average Bonchev–Trinajstić information content (AvgIpc) is 3.33. The Kier molecular flexibility index (Phi) is 14.4. The van der Waals surface area contributed by atoms with Gasteiger partial charge in [0.05, 0.1) is 23.0 Å². The van der Waals surface area contributed by atoms with Crippen LogP contribution in [-0.4, -0.2) is 27.9 Å². The second-order valence-electron chi connectivity index (χ2n) is 14.5. The summed E-state index contributed by atoms with van der Waals surface area (Å²) in [5.41, 5.74) is 11.5. The van der Waals surface area contributed by atoms with Crippen LogP contribution in [0.2, 0.25) is 0 Å². The fourth-order valence-corrected chi connectivity index (χ4v) is 6.85. The zero-order valence-corrected chi connectivity index (χ0v) is 34.7. The summed E-state index contributed by atoms with van der Waals surface area (Å²) in [6.07, 6.45) is 25.9. The van der Waals surface area contributed by atoms with Gasteiger partial charge in [-0.15, -0.1) is 0 Å². The molecule has 300 valence electrons. The molecule has 1 aliphatic rings. The Morgan fingerprint density at radius 1 is 0.742 bits per heavy atom. The molecule has 0 amide bonds. The van der Waals surface area contributed by atoms with Crippen LogP contribution in [0.1, 0.15) is 48.6 Å². The van der Waals surface area contributed by atoms with E-state index < -0.39 is 0 Å². The highest BCUT2D eigenvalue weighted by atomic mass is 14.9. The van der Waals surface area contributed by atoms with Gasteiger partial charge in [-0.2, -0.15) is 5.26 Å². The fraction of sp³-hybridized carbons (Fsp3) is 0.0714. The number of hydrogen-bond acceptors (Lipinski definition) is 4. The molecule has 0 aliphatic heterocycles. The number of nitrogens with one attached hydrogen (secondary N) is 1. The maximum atomic E-state index is 10.2. The minimum atomic E-state index is 0.200. The van der Waals surface area contributed by atoms with Gasteiger partial charge in [0, 0.05) is 29.3 Å². The zero-order chi connectivity index (χ0) is 42.9. The SMILES string of the molecule is C=C/C(=C\C=C\c1cc(-c2ccc(-c3ccccc3)cc2)nc(-c2ccccc2)n1)c1cc(C#N)cc(-c2cccc(C(N=CC3=CCCC=C3)=NC(=N)C/C=C\C=C/C)c2)c1. The zero-order valence-electron chi connectivity index (χ0n) is 34.7. The van der Waals surface area contributed by atoms with Crippen molar-refractivity contribution in [3.8, 4) is 51.0 Å². The fourth-order valence-electron chi connectivity index (χ4n) is 6.85. The molecule has 6 heteroatoms. The molecule has 0 saturated heterocycles. The van der Waals surface area contributed by atoms with Crippen LogP contribution in [0.25, 0.3) is 56.5 Å². The molecule has 0 atom stereocenters. The minimum Gasteiger partial charge on any atom is -0.286 e. The third kappa shape index (κ3) is 11.3. The van der Waals surface area contributed by atoms with Crippen molar-refractivity contribution < 1.29 is 0 Å². The average molecular weight is 803 g/mol. The molecule has 1 N–H and O–H groups in total. The molecule has 0 bridgehead atoms. The highest BCUT2D eigenvalue weighted by molar-refractivity contribution is 6.10. The molecule has 6 nitrogen and oxygen atoms in total. The topological polar surface area (TPSA) is 98.1 Å². The van der Waals surface area contributed by atoms with Crippen molar-refractivity contribution in [3.05, 3.63) is 229 Å². The summed E-state index contributed by atoms with van der Waals surface area (Å²) >= 11 is 0. The summed E-state index contributed by atoms with van der Waals surface area (Å²) < 4.78 is 0. The van der Waals surface area contributed by atoms with E-state index in [0.29, 0.717) is 23.6 Å². The lowest BCUT2D eigenvalue weighted by atomic mass is 9.95. The number of hydrogen-bond donors (Lipinski definition) is 1. The molecular weight excluding hydrogens is 757 g/mol. The molecule has 0 radical (unpaired) electrons. The number of rotatable bonds is 13. The first kappa shape index (κ1) is 42.0. The lowest BCUT2D eigenvalue weighted by molar-refractivity contribution is 1.03. The van der Waals surface area contributed by atoms with Crippen LogP contribution in [0.3, 0.4) is 0 Å². The van der Waals surface area contributed by atoms with Crippen molar-refractivity contribution in [2.24, 2.45) is 9.98 Å². The smallest absolute Gasteiger partial charge is 0.161 e. The summed E-state index contributed by atoms with van der Waals surface area (Å²) in [7, 11) is 0. The molecule has 0 unspecified atom stereocenters. The molecule has 1 aliphatic carbocycles. The number of amidine groups is 2. The van der Waals surface area contributed by atoms with E-state index in [9.17, 15) is 5.26 Å². The number of nitriles is 1. The maximum absolute atomic E-state index is 10.2. The lowest BCUT2D eigenvalue weighted by Crippen LogP contribution is -2.04. The molecule has 0 spiro atoms. The van der Waals surface area contributed by atoms with Crippen molar-refractivity contribution in [1.29, 1.82) is 10.7 Å². The second kappa shape index (κ2) is 21.2. The third-order valence-electron chi connectivity index (χ3n) is 10.0. The highest BCUT2D eigenvalue weighted by Gasteiger charge is 2.11. The second-order valence-corrected chi connectivity index (χ2v) is 14.5. The van der Waals surface area contributed by atoms with Gasteiger partial charge >= 0.3 is 0 Å². The number of benzene rings is 5. The van der Waals surface area contributed by atoms with Crippen LogP contribution in [0.15, 0.2) is 216 Å². The van der Waals surface area contributed by atoms with Crippen LogP contribution < -0.4 is 0 Å². The van der Waals surface area contributed by atoms with E-state index in [-0.39, 0.29) is 5.84 Å². The molecule has 0 saturated carbocycles. The van der Waals surface area contributed by atoms with E-state index in [1.165, 1.54) is 0 Å². The molecule has 0 fully saturated rings. The summed E-state index contributed by atoms with van der Waals surface area (Å²) in [5.74, 6) is 1.28. The Labute approximate surface area is 364 Å². The van der Waals surface area contributed by atoms with E-state index in [0.717, 1.165) is 79.9 Å². The number of nitrogens with zero attached hydrogens (tertiary/aromatic N) is 5. The van der Waals surface area contributed by atoms with Crippen LogP contribution in [0, 0.1) is 16.7 Å². The van der Waals surface area contributed by atoms with E-state index in [2.05, 4.69) is 78.3 Å². The first-order valence-corrected chi connectivity index (χ1v) is 20.6. The van der Waals surface area contributed by atoms with Gasteiger partial charge in [0.2, 0.25) is 0 Å². The minimum absolute atomic E-state index is 0.200. The third-order valence-corrected chi connectivity index (χ3v) is 10.0. The quantitative estimate of drug-likeness (QED) is 0.0715. The molecule has 1 heterocycles. The number of aliphatic imine (C=N–C) groups is 2. The van der Waals surface area contributed by atoms with Gasteiger partial charge in [0.15, 0.2) is 11.7 Å². The summed E-state index contributed by atoms with van der Waals surface area (Å²) in [6.45, 7) is 6.09. The van der Waals surface area contributed by atoms with Gasteiger partial charge in [-0.25, -0.2) is 20.0 Å². The van der Waals surface area contributed by atoms with Gasteiger partial charge in [-0.3, -0.25) is 5.41 Å². The van der Waals surface area contributed by atoms with Crippen LogP contribution in [0.4, 0.5) is 0 Å². The van der Waals surface area contributed by atoms with E-state index >= 15 is 0 Å². The van der Waals surface area contributed by atoms with Crippen molar-refractivity contribution in [1.82, 2.24) is 9.97 Å². The van der Waals surface area contributed by atoms with Crippen LogP contribution in [0.5, 0.6) is 0 Å². The summed E-state index contributed by atoms with van der Waals surface area (Å²) in [5, 5.41) is 18.8. The predicted octanol–water partition coefficient (Wildman–Crippen LogP) is 13.9. The van der Waals surface area contributed by atoms with Gasteiger partial charge in [0.1, 0.15) is 5.84 Å². The number of allylic oxidation sites excluding steroid dienone is 11. The standard InChI is InChI=1S/C56H46N6/c1-3-5-6-16-29-54(58)62-55(59-40-41-19-10-7-11-20-41)49-27-17-26-48(36-49)51-35-42(39-57)34-50(37-51)43(4-2)25-18-28-52-38-53(61-56(60-52)47-23-14-9-15-24-47)46-32-30-45(31-33-46)44-21-12-8-13-22-44/h3-6,8-10,12-28,30-38,40,58H,2,7,11,29H2,1H3/b5-3-,16-6-,28-18+,43-25+,58-54?,59-40?,62-55?. The Bertz CT molecular complexity index is 2840. The van der Waals surface area contributed by atoms with Crippen molar-refractivity contribution >= 4 is 29.5 Å². The summed E-state index contributed by atoms with van der Waals surface area (Å²) in [6, 6.07) is 46.8. The molecule has 62 heavy (non-hydrogen) atoms. The highest BCUT2D eigenvalue weighted by Crippen LogP contribution is 2.29. The number of aromatic nitrogens is 2. The molecular formula is C56H46N6. The van der Waals surface area contributed by atoms with Crippen molar-refractivity contribution in [2.45, 2.75) is 26.2 Å². The first-order valence-electron chi connectivity index (χ1n) is 20.6. The van der Waals surface area contributed by atoms with Gasteiger partial charge < -0.3 is 0 Å².